The summed E-state index contributed by atoms with van der Waals surface area (Å²) in [6.45, 7) is 4.20. The smallest absolute Gasteiger partial charge is 0.243 e. The second kappa shape index (κ2) is 9.85. The van der Waals surface area contributed by atoms with Gasteiger partial charge in [0.1, 0.15) is 6.04 Å². The third-order valence-electron chi connectivity index (χ3n) is 4.77. The van der Waals surface area contributed by atoms with Crippen molar-refractivity contribution in [1.82, 2.24) is 10.6 Å². The lowest BCUT2D eigenvalue weighted by molar-refractivity contribution is -0.129. The van der Waals surface area contributed by atoms with E-state index in [0.29, 0.717) is 12.8 Å². The van der Waals surface area contributed by atoms with Crippen LogP contribution in [-0.4, -0.2) is 23.1 Å². The minimum atomic E-state index is -0.531. The van der Waals surface area contributed by atoms with Gasteiger partial charge in [0.25, 0.3) is 0 Å². The highest BCUT2D eigenvalue weighted by Crippen LogP contribution is 2.27. The monoisotopic (exact) mass is 362 g/mol. The van der Waals surface area contributed by atoms with Gasteiger partial charge in [-0.25, -0.2) is 0 Å². The van der Waals surface area contributed by atoms with Crippen LogP contribution < -0.4 is 10.6 Å². The van der Waals surface area contributed by atoms with Crippen molar-refractivity contribution in [3.63, 3.8) is 0 Å². The molecule has 0 aliphatic carbocycles. The number of carbonyl (C=O) groups is 2. The number of amides is 2. The predicted molar refractivity (Wildman–Crippen MR) is 105 cm³/mol. The van der Waals surface area contributed by atoms with Crippen molar-refractivity contribution in [1.29, 1.82) is 0 Å². The average Bonchev–Trinajstić information content (AvgIpc) is 2.73. The van der Waals surface area contributed by atoms with Crippen LogP contribution in [0, 0.1) is 0 Å². The molecule has 0 spiro atoms. The first kappa shape index (κ1) is 19.8. The number of nitrogens with one attached hydrogen (secondary N) is 2. The lowest BCUT2D eigenvalue weighted by Gasteiger charge is -2.20. The Morgan fingerprint density at radius 2 is 2.04 bits per heavy atom. The van der Waals surface area contributed by atoms with Crippen LogP contribution >= 0.6 is 12.6 Å². The van der Waals surface area contributed by atoms with Crippen molar-refractivity contribution in [2.24, 2.45) is 0 Å². The van der Waals surface area contributed by atoms with Gasteiger partial charge in [0.05, 0.1) is 11.3 Å². The molecular formula is C20H30N2O2S. The molecule has 1 aromatic carbocycles. The fourth-order valence-electron chi connectivity index (χ4n) is 3.34. The van der Waals surface area contributed by atoms with Gasteiger partial charge in [-0.2, -0.15) is 12.6 Å². The van der Waals surface area contributed by atoms with E-state index in [-0.39, 0.29) is 23.1 Å². The van der Waals surface area contributed by atoms with Crippen molar-refractivity contribution < 1.29 is 9.59 Å². The second-order valence-corrected chi connectivity index (χ2v) is 7.45. The molecule has 0 aromatic heterocycles. The number of thiol groups is 1. The molecule has 138 valence electrons. The van der Waals surface area contributed by atoms with E-state index >= 15 is 0 Å². The zero-order valence-electron chi connectivity index (χ0n) is 15.3. The second-order valence-electron chi connectivity index (χ2n) is 6.83. The topological polar surface area (TPSA) is 58.2 Å². The van der Waals surface area contributed by atoms with Gasteiger partial charge in [-0.15, -0.1) is 0 Å². The van der Waals surface area contributed by atoms with Crippen LogP contribution in [0.15, 0.2) is 24.3 Å². The molecule has 0 saturated carbocycles. The zero-order valence-corrected chi connectivity index (χ0v) is 16.1. The van der Waals surface area contributed by atoms with Crippen molar-refractivity contribution in [2.75, 3.05) is 0 Å². The highest BCUT2D eigenvalue weighted by molar-refractivity contribution is 7.81. The van der Waals surface area contributed by atoms with Crippen LogP contribution in [-0.2, 0) is 16.0 Å². The van der Waals surface area contributed by atoms with Gasteiger partial charge in [0, 0.05) is 6.42 Å². The van der Waals surface area contributed by atoms with Crippen LogP contribution in [0.3, 0.4) is 0 Å². The average molecular weight is 363 g/mol. The molecule has 1 aliphatic rings. The summed E-state index contributed by atoms with van der Waals surface area (Å²) in [5.74, 6) is -0.254. The molecule has 1 unspecified atom stereocenters. The fraction of sp³-hybridized carbons (Fsp3) is 0.600. The maximum absolute atomic E-state index is 12.7. The molecule has 0 fully saturated rings. The Morgan fingerprint density at radius 1 is 1.28 bits per heavy atom. The Hall–Kier alpha value is -1.49. The summed E-state index contributed by atoms with van der Waals surface area (Å²) in [7, 11) is 0. The van der Waals surface area contributed by atoms with Crippen LogP contribution in [0.1, 0.15) is 69.5 Å². The highest BCUT2D eigenvalue weighted by atomic mass is 32.1. The molecule has 1 aliphatic heterocycles. The number of fused-ring (bicyclic) bond motifs is 1. The van der Waals surface area contributed by atoms with Gasteiger partial charge in [0.15, 0.2) is 0 Å². The standard InChI is InChI=1S/C20H30N2O2S/c1-3-5-6-12-16-15-11-8-7-10-14(15)13-17(19(23)21-16)22-20(24)18(25)9-4-2/h7-8,10-11,16-18,25H,3-6,9,12-13H2,1-2H3,(H,21,23)(H,22,24)/t16?,17-,18-/m0/s1. The van der Waals surface area contributed by atoms with E-state index in [4.69, 9.17) is 0 Å². The highest BCUT2D eigenvalue weighted by Gasteiger charge is 2.30. The molecule has 0 radical (unpaired) electrons. The molecule has 3 atom stereocenters. The van der Waals surface area contributed by atoms with Crippen molar-refractivity contribution in [3.05, 3.63) is 35.4 Å². The summed E-state index contributed by atoms with van der Waals surface area (Å²) in [6, 6.07) is 7.66. The molecule has 0 saturated heterocycles. The number of hydrogen-bond donors (Lipinski definition) is 3. The van der Waals surface area contributed by atoms with E-state index in [1.165, 1.54) is 5.56 Å². The van der Waals surface area contributed by atoms with Gasteiger partial charge in [-0.3, -0.25) is 9.59 Å². The fourth-order valence-corrected chi connectivity index (χ4v) is 3.67. The van der Waals surface area contributed by atoms with Crippen molar-refractivity contribution in [3.8, 4) is 0 Å². The molecule has 25 heavy (non-hydrogen) atoms. The number of unbranched alkanes of at least 4 members (excludes halogenated alkanes) is 2. The van der Waals surface area contributed by atoms with Crippen LogP contribution in [0.5, 0.6) is 0 Å². The molecule has 1 aromatic rings. The molecule has 2 N–H and O–H groups in total. The Kier molecular flexibility index (Phi) is 7.82. The summed E-state index contributed by atoms with van der Waals surface area (Å²) in [5, 5.41) is 5.67. The van der Waals surface area contributed by atoms with Gasteiger partial charge in [-0.1, -0.05) is 63.8 Å². The minimum absolute atomic E-state index is 0.0274. The Labute approximate surface area is 156 Å². The summed E-state index contributed by atoms with van der Waals surface area (Å²) >= 11 is 4.35. The first-order valence-electron chi connectivity index (χ1n) is 9.43. The normalized spacial score (nSPS) is 21.0. The maximum Gasteiger partial charge on any atom is 0.243 e. The van der Waals surface area contributed by atoms with Crippen LogP contribution in [0.25, 0.3) is 0 Å². The molecular weight excluding hydrogens is 332 g/mol. The summed E-state index contributed by atoms with van der Waals surface area (Å²) in [5.41, 5.74) is 2.32. The van der Waals surface area contributed by atoms with Gasteiger partial charge >= 0.3 is 0 Å². The zero-order chi connectivity index (χ0) is 18.2. The third-order valence-corrected chi connectivity index (χ3v) is 5.26. The molecule has 1 heterocycles. The number of carbonyl (C=O) groups excluding carboxylic acids is 2. The van der Waals surface area contributed by atoms with E-state index < -0.39 is 6.04 Å². The van der Waals surface area contributed by atoms with Crippen LogP contribution in [0.2, 0.25) is 0 Å². The molecule has 4 nitrogen and oxygen atoms in total. The first-order valence-corrected chi connectivity index (χ1v) is 9.95. The Balaban J connectivity index is 2.13. The molecule has 2 amide bonds. The predicted octanol–water partition coefficient (Wildman–Crippen LogP) is 3.56. The van der Waals surface area contributed by atoms with E-state index in [0.717, 1.165) is 37.7 Å². The SMILES string of the molecule is CCCCCC1NC(=O)[C@@H](NC(=O)[C@@H](S)CCC)Cc2ccccc21. The number of hydrogen-bond acceptors (Lipinski definition) is 3. The largest absolute Gasteiger partial charge is 0.347 e. The lowest BCUT2D eigenvalue weighted by Crippen LogP contribution is -2.49. The van der Waals surface area contributed by atoms with E-state index in [1.54, 1.807) is 0 Å². The molecule has 2 rings (SSSR count). The molecule has 5 heteroatoms. The van der Waals surface area contributed by atoms with Crippen molar-refractivity contribution >= 4 is 24.4 Å². The van der Waals surface area contributed by atoms with E-state index in [9.17, 15) is 9.59 Å². The van der Waals surface area contributed by atoms with E-state index in [2.05, 4.69) is 42.3 Å². The first-order chi connectivity index (χ1) is 12.1. The lowest BCUT2D eigenvalue weighted by atomic mass is 9.95. The summed E-state index contributed by atoms with van der Waals surface area (Å²) in [6.07, 6.45) is 6.46. The summed E-state index contributed by atoms with van der Waals surface area (Å²) < 4.78 is 0. The molecule has 0 bridgehead atoms. The Bertz CT molecular complexity index is 591. The number of benzene rings is 1. The minimum Gasteiger partial charge on any atom is -0.347 e. The number of rotatable bonds is 8. The summed E-state index contributed by atoms with van der Waals surface area (Å²) in [4.78, 5) is 25.0. The van der Waals surface area contributed by atoms with Gasteiger partial charge in [-0.05, 0) is 24.0 Å². The van der Waals surface area contributed by atoms with Crippen LogP contribution in [0.4, 0.5) is 0 Å². The Morgan fingerprint density at radius 3 is 2.76 bits per heavy atom. The quantitative estimate of drug-likeness (QED) is 0.489. The maximum atomic E-state index is 12.7. The third kappa shape index (κ3) is 5.50. The van der Waals surface area contributed by atoms with Gasteiger partial charge < -0.3 is 10.6 Å². The van der Waals surface area contributed by atoms with E-state index in [1.807, 2.05) is 19.1 Å². The van der Waals surface area contributed by atoms with Crippen molar-refractivity contribution in [2.45, 2.75) is 76.1 Å². The van der Waals surface area contributed by atoms with Gasteiger partial charge in [0.2, 0.25) is 11.8 Å².